The van der Waals surface area contributed by atoms with Gasteiger partial charge in [0, 0.05) is 49.3 Å². The Morgan fingerprint density at radius 2 is 1.95 bits per heavy atom. The molecule has 2 aromatic heterocycles. The first-order valence-electron chi connectivity index (χ1n) is 12.5. The second-order valence-corrected chi connectivity index (χ2v) is 9.18. The van der Waals surface area contributed by atoms with E-state index in [9.17, 15) is 9.59 Å². The topological polar surface area (TPSA) is 103 Å². The van der Waals surface area contributed by atoms with E-state index in [2.05, 4.69) is 15.7 Å². The van der Waals surface area contributed by atoms with Gasteiger partial charge >= 0.3 is 0 Å². The smallest absolute Gasteiger partial charge is 0.258 e. The van der Waals surface area contributed by atoms with Crippen molar-refractivity contribution in [1.29, 1.82) is 0 Å². The number of hydrogen-bond donors (Lipinski definition) is 2. The molecule has 2 aromatic carbocycles. The number of carbonyl (C=O) groups excluding carboxylic acids is 2. The summed E-state index contributed by atoms with van der Waals surface area (Å²) in [5, 5.41) is 10.2. The van der Waals surface area contributed by atoms with Gasteiger partial charge in [0.2, 0.25) is 11.9 Å². The van der Waals surface area contributed by atoms with Crippen molar-refractivity contribution in [1.82, 2.24) is 24.6 Å². The molecule has 9 nitrogen and oxygen atoms in total. The van der Waals surface area contributed by atoms with Crippen LogP contribution in [0.3, 0.4) is 0 Å². The van der Waals surface area contributed by atoms with Gasteiger partial charge in [0.25, 0.3) is 5.91 Å². The molecule has 9 heteroatoms. The molecule has 2 amide bonds. The molecule has 1 saturated heterocycles. The Kier molecular flexibility index (Phi) is 7.41. The molecule has 1 fully saturated rings. The molecule has 1 atom stereocenters. The van der Waals surface area contributed by atoms with Crippen LogP contribution in [0.1, 0.15) is 35.3 Å². The molecule has 0 saturated carbocycles. The zero-order valence-corrected chi connectivity index (χ0v) is 20.8. The van der Waals surface area contributed by atoms with Crippen LogP contribution in [0, 0.1) is 0 Å². The molecule has 0 radical (unpaired) electrons. The summed E-state index contributed by atoms with van der Waals surface area (Å²) >= 11 is 0. The monoisotopic (exact) mass is 498 g/mol. The number of anilines is 1. The van der Waals surface area contributed by atoms with Gasteiger partial charge in [-0.1, -0.05) is 30.3 Å². The number of aromatic nitrogens is 4. The fourth-order valence-corrected chi connectivity index (χ4v) is 4.39. The third kappa shape index (κ3) is 6.13. The van der Waals surface area contributed by atoms with Gasteiger partial charge in [0.1, 0.15) is 0 Å². The minimum Gasteiger partial charge on any atom is -0.379 e. The number of hydrogen-bond acceptors (Lipinski definition) is 5. The van der Waals surface area contributed by atoms with Crippen molar-refractivity contribution in [3.8, 4) is 16.8 Å². The summed E-state index contributed by atoms with van der Waals surface area (Å²) in [4.78, 5) is 30.2. The van der Waals surface area contributed by atoms with E-state index >= 15 is 0 Å². The zero-order chi connectivity index (χ0) is 25.6. The van der Waals surface area contributed by atoms with Crippen LogP contribution in [0.4, 0.5) is 5.95 Å². The maximum absolute atomic E-state index is 13.2. The minimum atomic E-state index is -0.252. The first-order valence-corrected chi connectivity index (χ1v) is 12.5. The average molecular weight is 499 g/mol. The van der Waals surface area contributed by atoms with E-state index in [0.29, 0.717) is 44.0 Å². The number of nitrogens with one attached hydrogen (secondary N) is 2. The normalized spacial score (nSPS) is 15.0. The highest BCUT2D eigenvalue weighted by molar-refractivity contribution is 6.04. The number of benzene rings is 2. The van der Waals surface area contributed by atoms with Crippen molar-refractivity contribution in [2.45, 2.75) is 31.7 Å². The highest BCUT2D eigenvalue weighted by Crippen LogP contribution is 2.22. The SMILES string of the molecule is Cn1cc(-c2cccc(C(=O)Nc3nc(CCCC(=O)NC4CCOC4)cn3-c3ccccc3)c2)cn1. The lowest BCUT2D eigenvalue weighted by Crippen LogP contribution is -2.34. The third-order valence-electron chi connectivity index (χ3n) is 6.31. The molecule has 5 rings (SSSR count). The van der Waals surface area contributed by atoms with Crippen LogP contribution in [-0.2, 0) is 23.0 Å². The summed E-state index contributed by atoms with van der Waals surface area (Å²) in [6.07, 6.45) is 8.15. The fraction of sp³-hybridized carbons (Fsp3) is 0.286. The Morgan fingerprint density at radius 1 is 1.08 bits per heavy atom. The lowest BCUT2D eigenvalue weighted by atomic mass is 10.1. The van der Waals surface area contributed by atoms with Gasteiger partial charge in [-0.3, -0.25) is 24.2 Å². The standard InChI is InChI=1S/C28H30N6O3/c1-33-17-22(16-29-33)20-7-5-8-21(15-20)27(36)32-28-31-23(18-34(28)25-10-3-2-4-11-25)9-6-12-26(35)30-24-13-14-37-19-24/h2-5,7-8,10-11,15-18,24H,6,9,12-14,19H2,1H3,(H,30,35)(H,31,32,36). The van der Waals surface area contributed by atoms with E-state index in [0.717, 1.165) is 28.9 Å². The Hall–Kier alpha value is -4.24. The highest BCUT2D eigenvalue weighted by atomic mass is 16.5. The van der Waals surface area contributed by atoms with Gasteiger partial charge in [0.05, 0.1) is 24.5 Å². The summed E-state index contributed by atoms with van der Waals surface area (Å²) in [7, 11) is 1.86. The fourth-order valence-electron chi connectivity index (χ4n) is 4.39. The van der Waals surface area contributed by atoms with Gasteiger partial charge in [-0.2, -0.15) is 5.10 Å². The van der Waals surface area contributed by atoms with Crippen molar-refractivity contribution in [2.24, 2.45) is 7.05 Å². The Bertz CT molecular complexity index is 1370. The predicted molar refractivity (Wildman–Crippen MR) is 140 cm³/mol. The van der Waals surface area contributed by atoms with E-state index in [-0.39, 0.29) is 17.9 Å². The summed E-state index contributed by atoms with van der Waals surface area (Å²) in [5.74, 6) is 0.212. The van der Waals surface area contributed by atoms with Gasteiger partial charge in [0.15, 0.2) is 0 Å². The lowest BCUT2D eigenvalue weighted by Gasteiger charge is -2.09. The van der Waals surface area contributed by atoms with Crippen LogP contribution < -0.4 is 10.6 Å². The number of para-hydroxylation sites is 1. The molecule has 3 heterocycles. The average Bonchev–Trinajstić information content (AvgIpc) is 3.67. The Morgan fingerprint density at radius 3 is 2.70 bits per heavy atom. The van der Waals surface area contributed by atoms with E-state index < -0.39 is 0 Å². The quantitative estimate of drug-likeness (QED) is 0.366. The van der Waals surface area contributed by atoms with Gasteiger partial charge < -0.3 is 10.1 Å². The highest BCUT2D eigenvalue weighted by Gasteiger charge is 2.18. The number of amides is 2. The molecule has 1 unspecified atom stereocenters. The lowest BCUT2D eigenvalue weighted by molar-refractivity contribution is -0.121. The summed E-state index contributed by atoms with van der Waals surface area (Å²) in [6, 6.07) is 17.3. The molecule has 0 aliphatic carbocycles. The first kappa shape index (κ1) is 24.5. The van der Waals surface area contributed by atoms with E-state index in [4.69, 9.17) is 9.72 Å². The number of imidazole rings is 1. The van der Waals surface area contributed by atoms with Crippen molar-refractivity contribution in [3.63, 3.8) is 0 Å². The van der Waals surface area contributed by atoms with Crippen molar-refractivity contribution in [2.75, 3.05) is 18.5 Å². The van der Waals surface area contributed by atoms with Gasteiger partial charge in [-0.05, 0) is 49.1 Å². The van der Waals surface area contributed by atoms with E-state index in [1.54, 1.807) is 16.9 Å². The number of ether oxygens (including phenoxy) is 1. The maximum Gasteiger partial charge on any atom is 0.258 e. The van der Waals surface area contributed by atoms with Crippen molar-refractivity contribution in [3.05, 3.63) is 84.4 Å². The largest absolute Gasteiger partial charge is 0.379 e. The third-order valence-corrected chi connectivity index (χ3v) is 6.31. The number of aryl methyl sites for hydroxylation is 2. The van der Waals surface area contributed by atoms with Gasteiger partial charge in [-0.15, -0.1) is 0 Å². The Balaban J connectivity index is 1.29. The molecule has 1 aliphatic heterocycles. The van der Waals surface area contributed by atoms with Crippen LogP contribution in [0.25, 0.3) is 16.8 Å². The number of nitrogens with zero attached hydrogens (tertiary/aromatic N) is 4. The van der Waals surface area contributed by atoms with Crippen LogP contribution in [0.15, 0.2) is 73.2 Å². The zero-order valence-electron chi connectivity index (χ0n) is 20.8. The van der Waals surface area contributed by atoms with Crippen LogP contribution in [-0.4, -0.2) is 50.4 Å². The molecule has 1 aliphatic rings. The summed E-state index contributed by atoms with van der Waals surface area (Å²) < 4.78 is 8.92. The van der Waals surface area contributed by atoms with E-state index in [1.165, 1.54) is 0 Å². The maximum atomic E-state index is 13.2. The summed E-state index contributed by atoms with van der Waals surface area (Å²) in [6.45, 7) is 1.28. The van der Waals surface area contributed by atoms with Crippen LogP contribution >= 0.6 is 0 Å². The predicted octanol–water partition coefficient (Wildman–Crippen LogP) is 3.75. The molecule has 190 valence electrons. The number of carbonyl (C=O) groups is 2. The molecular formula is C28H30N6O3. The number of rotatable bonds is 9. The van der Waals surface area contributed by atoms with Crippen LogP contribution in [0.2, 0.25) is 0 Å². The van der Waals surface area contributed by atoms with Crippen molar-refractivity contribution >= 4 is 17.8 Å². The molecule has 0 bridgehead atoms. The molecular weight excluding hydrogens is 468 g/mol. The van der Waals surface area contributed by atoms with E-state index in [1.807, 2.05) is 72.5 Å². The van der Waals surface area contributed by atoms with Crippen LogP contribution in [0.5, 0.6) is 0 Å². The molecule has 0 spiro atoms. The van der Waals surface area contributed by atoms with Gasteiger partial charge in [-0.25, -0.2) is 4.98 Å². The second kappa shape index (κ2) is 11.2. The molecule has 2 N–H and O–H groups in total. The first-order chi connectivity index (χ1) is 18.0. The minimum absolute atomic E-state index is 0.0278. The van der Waals surface area contributed by atoms with Crippen molar-refractivity contribution < 1.29 is 14.3 Å². The second-order valence-electron chi connectivity index (χ2n) is 9.18. The molecule has 37 heavy (non-hydrogen) atoms. The summed E-state index contributed by atoms with van der Waals surface area (Å²) in [5.41, 5.74) is 4.07. The Labute approximate surface area is 215 Å². The molecule has 4 aromatic rings.